The van der Waals surface area contributed by atoms with Crippen molar-refractivity contribution in [1.29, 1.82) is 0 Å². The monoisotopic (exact) mass is 221 g/mol. The molecule has 1 aromatic rings. The number of aromatic nitrogens is 1. The first kappa shape index (κ1) is 10.5. The lowest BCUT2D eigenvalue weighted by Gasteiger charge is -2.30. The van der Waals surface area contributed by atoms with Crippen molar-refractivity contribution in [1.82, 2.24) is 4.98 Å². The third kappa shape index (κ3) is 2.14. The Morgan fingerprint density at radius 2 is 2.40 bits per heavy atom. The minimum Gasteiger partial charge on any atom is -0.375 e. The second-order valence-corrected chi connectivity index (χ2v) is 5.18. The standard InChI is InChI=1S/C11H15N3S/c1-2-3-5-11(13)6-4-8-9(7-11)15-10(12)14-8/h4-7,13H2,1H3,(H2,12,14). The van der Waals surface area contributed by atoms with Gasteiger partial charge < -0.3 is 11.5 Å². The molecule has 80 valence electrons. The second-order valence-electron chi connectivity index (χ2n) is 4.06. The number of thiazole rings is 1. The van der Waals surface area contributed by atoms with Crippen LogP contribution in [0.4, 0.5) is 5.13 Å². The molecule has 2 rings (SSSR count). The van der Waals surface area contributed by atoms with E-state index < -0.39 is 0 Å². The molecule has 1 aromatic heterocycles. The van der Waals surface area contributed by atoms with Crippen LogP contribution in [0.1, 0.15) is 30.3 Å². The number of nitrogens with zero attached hydrogens (tertiary/aromatic N) is 1. The van der Waals surface area contributed by atoms with Gasteiger partial charge in [-0.25, -0.2) is 4.98 Å². The van der Waals surface area contributed by atoms with Gasteiger partial charge in [-0.1, -0.05) is 0 Å². The first-order valence-electron chi connectivity index (χ1n) is 5.05. The quantitative estimate of drug-likeness (QED) is 0.703. The van der Waals surface area contributed by atoms with Gasteiger partial charge in [-0.3, -0.25) is 0 Å². The summed E-state index contributed by atoms with van der Waals surface area (Å²) in [7, 11) is 0. The molecular weight excluding hydrogens is 206 g/mol. The number of hydrogen-bond donors (Lipinski definition) is 2. The Balaban J connectivity index is 2.19. The SMILES string of the molecule is CC#CCC1(N)CCc2nc(N)sc2C1. The van der Waals surface area contributed by atoms with Crippen LogP contribution >= 0.6 is 11.3 Å². The third-order valence-corrected chi connectivity index (χ3v) is 3.71. The van der Waals surface area contributed by atoms with Crippen LogP contribution in [0.3, 0.4) is 0 Å². The predicted molar refractivity (Wildman–Crippen MR) is 63.5 cm³/mol. The Morgan fingerprint density at radius 3 is 3.13 bits per heavy atom. The van der Waals surface area contributed by atoms with Crippen LogP contribution < -0.4 is 11.5 Å². The second kappa shape index (κ2) is 3.84. The van der Waals surface area contributed by atoms with Crippen LogP contribution in [0.15, 0.2) is 0 Å². The fraction of sp³-hybridized carbons (Fsp3) is 0.545. The van der Waals surface area contributed by atoms with Gasteiger partial charge in [0.2, 0.25) is 0 Å². The van der Waals surface area contributed by atoms with Crippen molar-refractivity contribution in [2.24, 2.45) is 5.73 Å². The van der Waals surface area contributed by atoms with Crippen molar-refractivity contribution in [3.8, 4) is 11.8 Å². The van der Waals surface area contributed by atoms with Gasteiger partial charge in [0.15, 0.2) is 5.13 Å². The van der Waals surface area contributed by atoms with E-state index in [1.165, 1.54) is 4.88 Å². The average Bonchev–Trinajstić information content (AvgIpc) is 2.54. The largest absolute Gasteiger partial charge is 0.375 e. The van der Waals surface area contributed by atoms with E-state index in [0.717, 1.165) is 31.4 Å². The van der Waals surface area contributed by atoms with Crippen molar-refractivity contribution in [3.05, 3.63) is 10.6 Å². The molecule has 0 radical (unpaired) electrons. The summed E-state index contributed by atoms with van der Waals surface area (Å²) >= 11 is 1.56. The highest BCUT2D eigenvalue weighted by Crippen LogP contribution is 2.33. The molecule has 0 aliphatic heterocycles. The van der Waals surface area contributed by atoms with E-state index in [2.05, 4.69) is 16.8 Å². The molecule has 0 fully saturated rings. The minimum atomic E-state index is -0.172. The topological polar surface area (TPSA) is 64.9 Å². The molecule has 1 aliphatic carbocycles. The smallest absolute Gasteiger partial charge is 0.180 e. The average molecular weight is 221 g/mol. The molecule has 1 unspecified atom stereocenters. The summed E-state index contributed by atoms with van der Waals surface area (Å²) in [5.41, 5.74) is 13.0. The fourth-order valence-corrected chi connectivity index (χ4v) is 2.96. The molecule has 4 heteroatoms. The van der Waals surface area contributed by atoms with Gasteiger partial charge in [0.05, 0.1) is 5.69 Å². The summed E-state index contributed by atoms with van der Waals surface area (Å²) in [6.45, 7) is 1.85. The lowest BCUT2D eigenvalue weighted by molar-refractivity contribution is 0.381. The first-order valence-corrected chi connectivity index (χ1v) is 5.87. The number of nitrogens with two attached hydrogens (primary N) is 2. The molecule has 0 bridgehead atoms. The van der Waals surface area contributed by atoms with Gasteiger partial charge in [-0.15, -0.1) is 23.2 Å². The Labute approximate surface area is 93.9 Å². The van der Waals surface area contributed by atoms with Crippen molar-refractivity contribution in [3.63, 3.8) is 0 Å². The van der Waals surface area contributed by atoms with E-state index in [1.807, 2.05) is 6.92 Å². The van der Waals surface area contributed by atoms with Crippen molar-refractivity contribution < 1.29 is 0 Å². The summed E-state index contributed by atoms with van der Waals surface area (Å²) < 4.78 is 0. The van der Waals surface area contributed by atoms with Crippen LogP contribution in [0, 0.1) is 11.8 Å². The molecule has 0 saturated heterocycles. The number of fused-ring (bicyclic) bond motifs is 1. The van der Waals surface area contributed by atoms with Crippen LogP contribution in [-0.2, 0) is 12.8 Å². The number of nitrogen functional groups attached to an aromatic ring is 1. The van der Waals surface area contributed by atoms with Gasteiger partial charge in [0, 0.05) is 23.3 Å². The van der Waals surface area contributed by atoms with Crippen molar-refractivity contribution in [2.75, 3.05) is 5.73 Å². The molecule has 15 heavy (non-hydrogen) atoms. The van der Waals surface area contributed by atoms with E-state index in [9.17, 15) is 0 Å². The molecule has 1 atom stereocenters. The number of rotatable bonds is 1. The number of aryl methyl sites for hydroxylation is 1. The highest BCUT2D eigenvalue weighted by atomic mass is 32.1. The summed E-state index contributed by atoms with van der Waals surface area (Å²) in [5.74, 6) is 5.98. The van der Waals surface area contributed by atoms with Gasteiger partial charge in [0.25, 0.3) is 0 Å². The van der Waals surface area contributed by atoms with Crippen LogP contribution in [0.5, 0.6) is 0 Å². The lowest BCUT2D eigenvalue weighted by Crippen LogP contribution is -2.44. The van der Waals surface area contributed by atoms with Gasteiger partial charge in [-0.05, 0) is 19.8 Å². The first-order chi connectivity index (χ1) is 7.13. The molecular formula is C11H15N3S. The molecule has 0 spiro atoms. The molecule has 0 amide bonds. The number of anilines is 1. The molecule has 1 heterocycles. The van der Waals surface area contributed by atoms with Crippen molar-refractivity contribution >= 4 is 16.5 Å². The Bertz CT molecular complexity index is 427. The zero-order valence-corrected chi connectivity index (χ0v) is 9.66. The molecule has 0 saturated carbocycles. The maximum atomic E-state index is 6.30. The van der Waals surface area contributed by atoms with Gasteiger partial charge in [-0.2, -0.15) is 0 Å². The third-order valence-electron chi connectivity index (χ3n) is 2.78. The maximum absolute atomic E-state index is 6.30. The number of hydrogen-bond acceptors (Lipinski definition) is 4. The van der Waals surface area contributed by atoms with Crippen LogP contribution in [0.2, 0.25) is 0 Å². The highest BCUT2D eigenvalue weighted by molar-refractivity contribution is 7.15. The zero-order valence-electron chi connectivity index (χ0n) is 8.84. The fourth-order valence-electron chi connectivity index (χ4n) is 1.93. The summed E-state index contributed by atoms with van der Waals surface area (Å²) in [6, 6.07) is 0. The van der Waals surface area contributed by atoms with E-state index >= 15 is 0 Å². The van der Waals surface area contributed by atoms with Crippen LogP contribution in [-0.4, -0.2) is 10.5 Å². The van der Waals surface area contributed by atoms with Gasteiger partial charge >= 0.3 is 0 Å². The molecule has 1 aliphatic rings. The minimum absolute atomic E-state index is 0.172. The van der Waals surface area contributed by atoms with Crippen LogP contribution in [0.25, 0.3) is 0 Å². The van der Waals surface area contributed by atoms with Gasteiger partial charge in [0.1, 0.15) is 0 Å². The predicted octanol–water partition coefficient (Wildman–Crippen LogP) is 1.32. The Hall–Kier alpha value is -1.05. The Morgan fingerprint density at radius 1 is 1.60 bits per heavy atom. The van der Waals surface area contributed by atoms with E-state index in [1.54, 1.807) is 11.3 Å². The summed E-state index contributed by atoms with van der Waals surface area (Å²) in [4.78, 5) is 5.55. The maximum Gasteiger partial charge on any atom is 0.180 e. The summed E-state index contributed by atoms with van der Waals surface area (Å²) in [5, 5.41) is 0.658. The van der Waals surface area contributed by atoms with E-state index in [0.29, 0.717) is 5.13 Å². The van der Waals surface area contributed by atoms with E-state index in [4.69, 9.17) is 11.5 Å². The van der Waals surface area contributed by atoms with Crippen molar-refractivity contribution in [2.45, 2.75) is 38.1 Å². The zero-order chi connectivity index (χ0) is 10.9. The van der Waals surface area contributed by atoms with E-state index in [-0.39, 0.29) is 5.54 Å². The lowest BCUT2D eigenvalue weighted by atomic mass is 9.82. The molecule has 3 nitrogen and oxygen atoms in total. The normalized spacial score (nSPS) is 24.1. The molecule has 0 aromatic carbocycles. The Kier molecular flexibility index (Phi) is 2.68. The molecule has 4 N–H and O–H groups in total. The summed E-state index contributed by atoms with van der Waals surface area (Å²) in [6.07, 6.45) is 3.52. The highest BCUT2D eigenvalue weighted by Gasteiger charge is 2.31.